The van der Waals surface area contributed by atoms with E-state index in [9.17, 15) is 9.18 Å². The molecule has 0 spiro atoms. The van der Waals surface area contributed by atoms with Crippen LogP contribution in [-0.4, -0.2) is 31.5 Å². The lowest BCUT2D eigenvalue weighted by molar-refractivity contribution is 0.0952. The van der Waals surface area contributed by atoms with E-state index in [1.54, 1.807) is 12.1 Å². The van der Waals surface area contributed by atoms with Gasteiger partial charge < -0.3 is 15.2 Å². The topological polar surface area (TPSA) is 48.1 Å². The number of fused-ring (bicyclic) bond motifs is 1. The second-order valence-corrected chi connectivity index (χ2v) is 7.55. The lowest BCUT2D eigenvalue weighted by atomic mass is 9.90. The van der Waals surface area contributed by atoms with Crippen LogP contribution in [0.2, 0.25) is 0 Å². The minimum Gasteiger partial charge on any atom is -0.378 e. The van der Waals surface area contributed by atoms with Gasteiger partial charge in [-0.3, -0.25) is 4.79 Å². The van der Waals surface area contributed by atoms with E-state index in [4.69, 9.17) is 0 Å². The van der Waals surface area contributed by atoms with Crippen molar-refractivity contribution in [3.63, 3.8) is 0 Å². The summed E-state index contributed by atoms with van der Waals surface area (Å²) < 4.78 is 13.5. The van der Waals surface area contributed by atoms with Crippen molar-refractivity contribution in [2.75, 3.05) is 25.5 Å². The van der Waals surface area contributed by atoms with Crippen LogP contribution in [0.4, 0.5) is 10.1 Å². The molecule has 1 aromatic heterocycles. The highest BCUT2D eigenvalue weighted by Crippen LogP contribution is 2.31. The highest BCUT2D eigenvalue weighted by atomic mass is 19.1. The summed E-state index contributed by atoms with van der Waals surface area (Å²) in [6.07, 6.45) is 2.00. The summed E-state index contributed by atoms with van der Waals surface area (Å²) in [7, 11) is 4.01. The number of benzene rings is 3. The smallest absolute Gasteiger partial charge is 0.251 e. The minimum atomic E-state index is -0.421. The molecule has 30 heavy (non-hydrogen) atoms. The molecule has 3 aromatic carbocycles. The molecule has 2 N–H and O–H groups in total. The van der Waals surface area contributed by atoms with Crippen molar-refractivity contribution < 1.29 is 9.18 Å². The summed E-state index contributed by atoms with van der Waals surface area (Å²) in [5, 5.41) is 4.11. The molecular weight excluding hydrogens is 377 g/mol. The quantitative estimate of drug-likeness (QED) is 0.481. The van der Waals surface area contributed by atoms with E-state index in [1.165, 1.54) is 12.1 Å². The van der Waals surface area contributed by atoms with Gasteiger partial charge in [0.05, 0.1) is 0 Å². The molecule has 0 saturated heterocycles. The van der Waals surface area contributed by atoms with E-state index in [0.717, 1.165) is 27.7 Å². The highest BCUT2D eigenvalue weighted by Gasteiger charge is 2.20. The number of nitrogens with zero attached hydrogens (tertiary/aromatic N) is 1. The van der Waals surface area contributed by atoms with Gasteiger partial charge in [-0.2, -0.15) is 0 Å². The number of rotatable bonds is 6. The van der Waals surface area contributed by atoms with Gasteiger partial charge in [0.1, 0.15) is 5.82 Å². The average molecular weight is 401 g/mol. The summed E-state index contributed by atoms with van der Waals surface area (Å²) in [6, 6.07) is 22.2. The summed E-state index contributed by atoms with van der Waals surface area (Å²) in [5.74, 6) is -0.755. The van der Waals surface area contributed by atoms with Gasteiger partial charge in [-0.1, -0.05) is 36.4 Å². The van der Waals surface area contributed by atoms with E-state index >= 15 is 0 Å². The number of hydrogen-bond donors (Lipinski definition) is 2. The van der Waals surface area contributed by atoms with Crippen LogP contribution in [0.5, 0.6) is 0 Å². The van der Waals surface area contributed by atoms with Gasteiger partial charge in [0.15, 0.2) is 0 Å². The van der Waals surface area contributed by atoms with Crippen LogP contribution in [0, 0.1) is 5.82 Å². The molecule has 152 valence electrons. The largest absolute Gasteiger partial charge is 0.378 e. The van der Waals surface area contributed by atoms with Gasteiger partial charge >= 0.3 is 0 Å². The number of anilines is 1. The number of hydrogen-bond acceptors (Lipinski definition) is 2. The van der Waals surface area contributed by atoms with Crippen LogP contribution in [0.3, 0.4) is 0 Å². The van der Waals surface area contributed by atoms with Crippen molar-refractivity contribution in [3.05, 3.63) is 102 Å². The van der Waals surface area contributed by atoms with Crippen LogP contribution >= 0.6 is 0 Å². The van der Waals surface area contributed by atoms with E-state index in [2.05, 4.69) is 45.5 Å². The van der Waals surface area contributed by atoms with Gasteiger partial charge in [0, 0.05) is 54.9 Å². The first-order chi connectivity index (χ1) is 14.5. The first-order valence-electron chi connectivity index (χ1n) is 9.90. The second kappa shape index (κ2) is 8.41. The van der Waals surface area contributed by atoms with Crippen molar-refractivity contribution in [3.8, 4) is 0 Å². The SMILES string of the molecule is CN(C)c1ccc(C(CNC(=O)c2cccc(F)c2)c2c[nH]c3ccccc23)cc1. The average Bonchev–Trinajstić information content (AvgIpc) is 3.18. The van der Waals surface area contributed by atoms with E-state index in [0.29, 0.717) is 12.1 Å². The second-order valence-electron chi connectivity index (χ2n) is 7.55. The molecule has 1 atom stereocenters. The lowest BCUT2D eigenvalue weighted by Crippen LogP contribution is -2.29. The first-order valence-corrected chi connectivity index (χ1v) is 9.90. The number of aromatic nitrogens is 1. The Labute approximate surface area is 175 Å². The van der Waals surface area contributed by atoms with Crippen molar-refractivity contribution in [2.45, 2.75) is 5.92 Å². The Balaban J connectivity index is 1.66. The third kappa shape index (κ3) is 4.06. The van der Waals surface area contributed by atoms with Crippen molar-refractivity contribution in [2.24, 2.45) is 0 Å². The van der Waals surface area contributed by atoms with Crippen LogP contribution in [0.15, 0.2) is 79.0 Å². The summed E-state index contributed by atoms with van der Waals surface area (Å²) in [6.45, 7) is 0.401. The summed E-state index contributed by atoms with van der Waals surface area (Å²) in [5.41, 5.74) is 4.70. The summed E-state index contributed by atoms with van der Waals surface area (Å²) >= 11 is 0. The van der Waals surface area contributed by atoms with E-state index in [1.807, 2.05) is 38.5 Å². The molecule has 0 fully saturated rings. The molecule has 0 aliphatic rings. The fourth-order valence-electron chi connectivity index (χ4n) is 3.72. The molecule has 4 rings (SSSR count). The van der Waals surface area contributed by atoms with Gasteiger partial charge in [0.2, 0.25) is 0 Å². The molecular formula is C25H24FN3O. The Morgan fingerprint density at radius 2 is 1.80 bits per heavy atom. The highest BCUT2D eigenvalue weighted by molar-refractivity contribution is 5.94. The number of H-pyrrole nitrogens is 1. The van der Waals surface area contributed by atoms with Gasteiger partial charge in [-0.25, -0.2) is 4.39 Å². The molecule has 0 aliphatic heterocycles. The fourth-order valence-corrected chi connectivity index (χ4v) is 3.72. The van der Waals surface area contributed by atoms with E-state index in [-0.39, 0.29) is 11.8 Å². The Morgan fingerprint density at radius 1 is 1.03 bits per heavy atom. The summed E-state index contributed by atoms with van der Waals surface area (Å²) in [4.78, 5) is 18.0. The van der Waals surface area contributed by atoms with Gasteiger partial charge in [0.25, 0.3) is 5.91 Å². The minimum absolute atomic E-state index is 0.0464. The zero-order valence-corrected chi connectivity index (χ0v) is 17.0. The predicted molar refractivity (Wildman–Crippen MR) is 120 cm³/mol. The Morgan fingerprint density at radius 3 is 2.53 bits per heavy atom. The van der Waals surface area contributed by atoms with Crippen molar-refractivity contribution in [1.29, 1.82) is 0 Å². The number of aromatic amines is 1. The first kappa shape index (κ1) is 19.7. The third-order valence-electron chi connectivity index (χ3n) is 5.36. The molecule has 0 radical (unpaired) electrons. The van der Waals surface area contributed by atoms with E-state index < -0.39 is 5.82 Å². The molecule has 4 aromatic rings. The zero-order valence-electron chi connectivity index (χ0n) is 17.0. The number of para-hydroxylation sites is 1. The standard InChI is InChI=1S/C25H24FN3O/c1-29(2)20-12-10-17(11-13-20)22(23-16-27-24-9-4-3-8-21(23)24)15-28-25(30)18-6-5-7-19(26)14-18/h3-14,16,22,27H,15H2,1-2H3,(H,28,30). The monoisotopic (exact) mass is 401 g/mol. The molecule has 0 saturated carbocycles. The molecule has 0 aliphatic carbocycles. The molecule has 5 heteroatoms. The lowest BCUT2D eigenvalue weighted by Gasteiger charge is -2.20. The van der Waals surface area contributed by atoms with Crippen LogP contribution < -0.4 is 10.2 Å². The van der Waals surface area contributed by atoms with Crippen LogP contribution in [0.25, 0.3) is 10.9 Å². The maximum Gasteiger partial charge on any atom is 0.251 e. The predicted octanol–water partition coefficient (Wildman–Crippen LogP) is 4.93. The van der Waals surface area contributed by atoms with Crippen molar-refractivity contribution >= 4 is 22.5 Å². The normalized spacial score (nSPS) is 12.0. The maximum atomic E-state index is 13.5. The molecule has 1 unspecified atom stereocenters. The molecule has 1 heterocycles. The Kier molecular flexibility index (Phi) is 5.53. The van der Waals surface area contributed by atoms with Crippen LogP contribution in [-0.2, 0) is 0 Å². The third-order valence-corrected chi connectivity index (χ3v) is 5.36. The number of carbonyl (C=O) groups is 1. The molecule has 0 bridgehead atoms. The Bertz CT molecular complexity index is 1160. The maximum absolute atomic E-state index is 13.5. The van der Waals surface area contributed by atoms with Crippen LogP contribution in [0.1, 0.15) is 27.4 Å². The van der Waals surface area contributed by atoms with Gasteiger partial charge in [-0.05, 0) is 47.5 Å². The Hall–Kier alpha value is -3.60. The van der Waals surface area contributed by atoms with Gasteiger partial charge in [-0.15, -0.1) is 0 Å². The number of amides is 1. The molecule has 4 nitrogen and oxygen atoms in total. The number of carbonyl (C=O) groups excluding carboxylic acids is 1. The van der Waals surface area contributed by atoms with Crippen molar-refractivity contribution in [1.82, 2.24) is 10.3 Å². The number of halogens is 1. The number of nitrogens with one attached hydrogen (secondary N) is 2. The fraction of sp³-hybridized carbons (Fsp3) is 0.160. The zero-order chi connectivity index (χ0) is 21.1. The molecule has 1 amide bonds.